The number of fused-ring (bicyclic) bond motifs is 5. The molecule has 0 saturated heterocycles. The Bertz CT molecular complexity index is 1240. The second-order valence-corrected chi connectivity index (χ2v) is 7.25. The first-order chi connectivity index (χ1) is 12.8. The minimum atomic E-state index is 0.469. The third kappa shape index (κ3) is 2.10. The highest BCUT2D eigenvalue weighted by atomic mass is 15.0. The predicted octanol–water partition coefficient (Wildman–Crippen LogP) is 7.06. The van der Waals surface area contributed by atoms with Crippen molar-refractivity contribution in [2.45, 2.75) is 19.8 Å². The molecule has 0 aliphatic rings. The molecular weight excluding hydrogens is 314 g/mol. The summed E-state index contributed by atoms with van der Waals surface area (Å²) in [7, 11) is 0. The maximum atomic E-state index is 2.46. The van der Waals surface area contributed by atoms with Crippen molar-refractivity contribution in [3.05, 3.63) is 90.5 Å². The lowest BCUT2D eigenvalue weighted by Gasteiger charge is -2.14. The van der Waals surface area contributed by atoms with Gasteiger partial charge in [-0.25, -0.2) is 0 Å². The highest BCUT2D eigenvalue weighted by Crippen LogP contribution is 2.39. The predicted molar refractivity (Wildman–Crippen MR) is 112 cm³/mol. The molecule has 0 N–H and O–H groups in total. The third-order valence-electron chi connectivity index (χ3n) is 5.34. The lowest BCUT2D eigenvalue weighted by Crippen LogP contribution is -1.98. The Kier molecular flexibility index (Phi) is 3.36. The SMILES string of the molecule is CC(C)c1cccc2c3ccc4ccccc4c3n(-c3ccccc3)c12. The molecule has 0 atom stereocenters. The van der Waals surface area contributed by atoms with Crippen LogP contribution in [0.2, 0.25) is 0 Å². The zero-order valence-electron chi connectivity index (χ0n) is 15.1. The van der Waals surface area contributed by atoms with Gasteiger partial charge in [0.15, 0.2) is 0 Å². The maximum Gasteiger partial charge on any atom is 0.0619 e. The largest absolute Gasteiger partial charge is 0.308 e. The third-order valence-corrected chi connectivity index (χ3v) is 5.34. The molecule has 0 aliphatic heterocycles. The molecule has 126 valence electrons. The Morgan fingerprint density at radius 2 is 1.27 bits per heavy atom. The molecule has 4 aromatic carbocycles. The van der Waals surface area contributed by atoms with Gasteiger partial charge in [0.05, 0.1) is 11.0 Å². The fourth-order valence-corrected chi connectivity index (χ4v) is 4.15. The molecule has 0 spiro atoms. The van der Waals surface area contributed by atoms with E-state index in [1.807, 2.05) is 0 Å². The smallest absolute Gasteiger partial charge is 0.0619 e. The molecule has 1 aromatic heterocycles. The van der Waals surface area contributed by atoms with Gasteiger partial charge in [-0.15, -0.1) is 0 Å². The molecule has 0 fully saturated rings. The number of rotatable bonds is 2. The van der Waals surface area contributed by atoms with Gasteiger partial charge >= 0.3 is 0 Å². The van der Waals surface area contributed by atoms with Gasteiger partial charge in [0.2, 0.25) is 0 Å². The first-order valence-corrected chi connectivity index (χ1v) is 9.26. The van der Waals surface area contributed by atoms with Gasteiger partial charge < -0.3 is 4.57 Å². The summed E-state index contributed by atoms with van der Waals surface area (Å²) in [6.45, 7) is 4.56. The number of nitrogens with zero attached hydrogens (tertiary/aromatic N) is 1. The minimum Gasteiger partial charge on any atom is -0.308 e. The number of para-hydroxylation sites is 2. The maximum absolute atomic E-state index is 2.46. The molecule has 1 nitrogen and oxygen atoms in total. The molecule has 26 heavy (non-hydrogen) atoms. The van der Waals surface area contributed by atoms with Crippen LogP contribution in [-0.2, 0) is 0 Å². The lowest BCUT2D eigenvalue weighted by atomic mass is 9.99. The molecule has 1 heteroatoms. The summed E-state index contributed by atoms with van der Waals surface area (Å²) < 4.78 is 2.46. The molecule has 0 aliphatic carbocycles. The van der Waals surface area contributed by atoms with Crippen LogP contribution in [0.4, 0.5) is 0 Å². The van der Waals surface area contributed by atoms with Gasteiger partial charge in [0.1, 0.15) is 0 Å². The molecule has 5 rings (SSSR count). The first kappa shape index (κ1) is 15.2. The summed E-state index contributed by atoms with van der Waals surface area (Å²) in [5, 5.41) is 5.25. The Morgan fingerprint density at radius 1 is 0.577 bits per heavy atom. The topological polar surface area (TPSA) is 4.93 Å². The number of hydrogen-bond donors (Lipinski definition) is 0. The highest BCUT2D eigenvalue weighted by Gasteiger charge is 2.18. The van der Waals surface area contributed by atoms with E-state index in [-0.39, 0.29) is 0 Å². The van der Waals surface area contributed by atoms with E-state index in [2.05, 4.69) is 103 Å². The van der Waals surface area contributed by atoms with Crippen LogP contribution in [0, 0.1) is 0 Å². The van der Waals surface area contributed by atoms with Gasteiger partial charge in [0, 0.05) is 21.8 Å². The molecule has 0 unspecified atom stereocenters. The molecule has 0 bridgehead atoms. The zero-order chi connectivity index (χ0) is 17.7. The van der Waals surface area contributed by atoms with E-state index in [1.54, 1.807) is 0 Å². The fraction of sp³-hybridized carbons (Fsp3) is 0.120. The Hall–Kier alpha value is -3.06. The van der Waals surface area contributed by atoms with Crippen LogP contribution in [0.25, 0.3) is 38.3 Å². The number of aromatic nitrogens is 1. The van der Waals surface area contributed by atoms with Crippen LogP contribution in [0.15, 0.2) is 84.9 Å². The molecule has 1 heterocycles. The molecule has 0 amide bonds. The van der Waals surface area contributed by atoms with E-state index < -0.39 is 0 Å². The van der Waals surface area contributed by atoms with Gasteiger partial charge in [-0.3, -0.25) is 0 Å². The summed E-state index contributed by atoms with van der Waals surface area (Å²) in [6.07, 6.45) is 0. The van der Waals surface area contributed by atoms with Gasteiger partial charge in [-0.2, -0.15) is 0 Å². The summed E-state index contributed by atoms with van der Waals surface area (Å²) >= 11 is 0. The molecule has 0 radical (unpaired) electrons. The molecule has 0 saturated carbocycles. The van der Waals surface area contributed by atoms with Crippen LogP contribution in [0.1, 0.15) is 25.3 Å². The van der Waals surface area contributed by atoms with E-state index in [1.165, 1.54) is 43.8 Å². The van der Waals surface area contributed by atoms with E-state index >= 15 is 0 Å². The van der Waals surface area contributed by atoms with E-state index in [4.69, 9.17) is 0 Å². The van der Waals surface area contributed by atoms with Crippen LogP contribution >= 0.6 is 0 Å². The van der Waals surface area contributed by atoms with E-state index in [9.17, 15) is 0 Å². The van der Waals surface area contributed by atoms with Crippen LogP contribution < -0.4 is 0 Å². The van der Waals surface area contributed by atoms with Crippen molar-refractivity contribution in [2.24, 2.45) is 0 Å². The first-order valence-electron chi connectivity index (χ1n) is 9.26. The van der Waals surface area contributed by atoms with Crippen molar-refractivity contribution >= 4 is 32.6 Å². The monoisotopic (exact) mass is 335 g/mol. The van der Waals surface area contributed by atoms with Gasteiger partial charge in [-0.1, -0.05) is 86.6 Å². The quantitative estimate of drug-likeness (QED) is 0.325. The lowest BCUT2D eigenvalue weighted by molar-refractivity contribution is 0.870. The van der Waals surface area contributed by atoms with Crippen molar-refractivity contribution in [1.82, 2.24) is 4.57 Å². The van der Waals surface area contributed by atoms with Crippen molar-refractivity contribution in [1.29, 1.82) is 0 Å². The van der Waals surface area contributed by atoms with Crippen LogP contribution in [-0.4, -0.2) is 4.57 Å². The average Bonchev–Trinajstić information content (AvgIpc) is 3.03. The summed E-state index contributed by atoms with van der Waals surface area (Å²) in [5.74, 6) is 0.469. The van der Waals surface area contributed by atoms with Crippen molar-refractivity contribution in [2.75, 3.05) is 0 Å². The highest BCUT2D eigenvalue weighted by molar-refractivity contribution is 6.19. The Balaban J connectivity index is 2.10. The average molecular weight is 335 g/mol. The molecule has 5 aromatic rings. The fourth-order valence-electron chi connectivity index (χ4n) is 4.15. The van der Waals surface area contributed by atoms with Crippen molar-refractivity contribution < 1.29 is 0 Å². The van der Waals surface area contributed by atoms with E-state index in [0.29, 0.717) is 5.92 Å². The number of benzene rings is 4. The Labute approximate surface area is 153 Å². The van der Waals surface area contributed by atoms with Crippen molar-refractivity contribution in [3.63, 3.8) is 0 Å². The second kappa shape index (κ2) is 5.74. The van der Waals surface area contributed by atoms with Crippen LogP contribution in [0.5, 0.6) is 0 Å². The summed E-state index contributed by atoms with van der Waals surface area (Å²) in [5.41, 5.74) is 5.25. The Morgan fingerprint density at radius 3 is 2.08 bits per heavy atom. The minimum absolute atomic E-state index is 0.469. The summed E-state index contributed by atoms with van der Waals surface area (Å²) in [4.78, 5) is 0. The number of hydrogen-bond acceptors (Lipinski definition) is 0. The van der Waals surface area contributed by atoms with Gasteiger partial charge in [-0.05, 0) is 29.0 Å². The van der Waals surface area contributed by atoms with Crippen molar-refractivity contribution in [3.8, 4) is 5.69 Å². The second-order valence-electron chi connectivity index (χ2n) is 7.25. The van der Waals surface area contributed by atoms with E-state index in [0.717, 1.165) is 0 Å². The van der Waals surface area contributed by atoms with Crippen LogP contribution in [0.3, 0.4) is 0 Å². The summed E-state index contributed by atoms with van der Waals surface area (Å²) in [6, 6.07) is 30.7. The van der Waals surface area contributed by atoms with Gasteiger partial charge in [0.25, 0.3) is 0 Å². The zero-order valence-corrected chi connectivity index (χ0v) is 15.1. The standard InChI is InChI=1S/C25H21N/c1-17(2)20-13-8-14-22-23-16-15-18-9-6-7-12-21(18)25(23)26(24(20)22)19-10-4-3-5-11-19/h3-17H,1-2H3. The normalized spacial score (nSPS) is 11.8. The molecular formula is C25H21N.